The van der Waals surface area contributed by atoms with Gasteiger partial charge in [-0.05, 0) is 42.0 Å². The van der Waals surface area contributed by atoms with Crippen molar-refractivity contribution in [2.45, 2.75) is 11.4 Å². The number of ether oxygens (including phenoxy) is 1. The van der Waals surface area contributed by atoms with Crippen LogP contribution in [0.3, 0.4) is 0 Å². The van der Waals surface area contributed by atoms with Crippen molar-refractivity contribution in [2.24, 2.45) is 0 Å². The van der Waals surface area contributed by atoms with E-state index < -0.39 is 15.9 Å². The van der Waals surface area contributed by atoms with E-state index in [0.29, 0.717) is 5.56 Å². The van der Waals surface area contributed by atoms with Crippen molar-refractivity contribution < 1.29 is 17.9 Å². The number of carbonyl (C=O) groups is 1. The first-order valence-electron chi connectivity index (χ1n) is 8.16. The third kappa shape index (κ3) is 4.91. The van der Waals surface area contributed by atoms with Crippen molar-refractivity contribution in [2.75, 3.05) is 26.3 Å². The van der Waals surface area contributed by atoms with E-state index in [1.807, 2.05) is 12.1 Å². The quantitative estimate of drug-likeness (QED) is 0.775. The number of morpholine rings is 1. The van der Waals surface area contributed by atoms with Gasteiger partial charge in [0, 0.05) is 29.7 Å². The van der Waals surface area contributed by atoms with Crippen LogP contribution < -0.4 is 4.72 Å². The van der Waals surface area contributed by atoms with Gasteiger partial charge in [0.25, 0.3) is 15.9 Å². The molecule has 1 aliphatic rings. The standard InChI is InChI=1S/C18H19BrN2O4S/c19-16-5-7-17(8-6-16)26(23,24)20-18(22)15-3-1-14(2-4-15)13-21-9-11-25-12-10-21/h1-8H,9-13H2,(H,20,22). The molecule has 6 nitrogen and oxygen atoms in total. The van der Waals surface area contributed by atoms with Gasteiger partial charge in [-0.3, -0.25) is 9.69 Å². The van der Waals surface area contributed by atoms with Gasteiger partial charge in [-0.1, -0.05) is 28.1 Å². The zero-order valence-corrected chi connectivity index (χ0v) is 16.4. The molecule has 0 aliphatic carbocycles. The molecule has 1 aliphatic heterocycles. The van der Waals surface area contributed by atoms with Crippen LogP contribution in [0.2, 0.25) is 0 Å². The lowest BCUT2D eigenvalue weighted by Gasteiger charge is -2.26. The molecule has 1 amide bonds. The molecule has 1 saturated heterocycles. The molecule has 2 aromatic rings. The summed E-state index contributed by atoms with van der Waals surface area (Å²) >= 11 is 3.25. The molecule has 0 spiro atoms. The Hall–Kier alpha value is -1.74. The number of nitrogens with one attached hydrogen (secondary N) is 1. The lowest BCUT2D eigenvalue weighted by molar-refractivity contribution is 0.0342. The first-order chi connectivity index (χ1) is 12.4. The number of halogens is 1. The molecule has 0 aromatic heterocycles. The summed E-state index contributed by atoms with van der Waals surface area (Å²) in [5, 5.41) is 0. The molecule has 1 N–H and O–H groups in total. The van der Waals surface area contributed by atoms with Gasteiger partial charge >= 0.3 is 0 Å². The number of amides is 1. The van der Waals surface area contributed by atoms with Gasteiger partial charge in [-0.25, -0.2) is 13.1 Å². The van der Waals surface area contributed by atoms with Crippen LogP contribution in [0.5, 0.6) is 0 Å². The van der Waals surface area contributed by atoms with Crippen LogP contribution in [0.1, 0.15) is 15.9 Å². The number of rotatable bonds is 5. The summed E-state index contributed by atoms with van der Waals surface area (Å²) in [4.78, 5) is 14.6. The minimum absolute atomic E-state index is 0.0398. The molecule has 1 fully saturated rings. The maximum absolute atomic E-state index is 12.3. The fourth-order valence-corrected chi connectivity index (χ4v) is 3.87. The van der Waals surface area contributed by atoms with Crippen molar-refractivity contribution in [3.8, 4) is 0 Å². The fraction of sp³-hybridized carbons (Fsp3) is 0.278. The maximum Gasteiger partial charge on any atom is 0.264 e. The average molecular weight is 439 g/mol. The van der Waals surface area contributed by atoms with Crippen LogP contribution in [0.4, 0.5) is 0 Å². The van der Waals surface area contributed by atoms with Gasteiger partial charge < -0.3 is 4.74 Å². The number of sulfonamides is 1. The van der Waals surface area contributed by atoms with Crippen LogP contribution in [-0.4, -0.2) is 45.5 Å². The van der Waals surface area contributed by atoms with Crippen LogP contribution in [0.15, 0.2) is 57.9 Å². The Morgan fingerprint density at radius 3 is 2.27 bits per heavy atom. The molecule has 0 radical (unpaired) electrons. The average Bonchev–Trinajstić information content (AvgIpc) is 2.63. The largest absolute Gasteiger partial charge is 0.379 e. The summed E-state index contributed by atoms with van der Waals surface area (Å²) in [7, 11) is -3.90. The van der Waals surface area contributed by atoms with E-state index in [4.69, 9.17) is 4.74 Å². The minimum Gasteiger partial charge on any atom is -0.379 e. The molecule has 0 unspecified atom stereocenters. The molecule has 0 atom stereocenters. The third-order valence-electron chi connectivity index (χ3n) is 4.08. The molecular formula is C18H19BrN2O4S. The van der Waals surface area contributed by atoms with E-state index in [9.17, 15) is 13.2 Å². The zero-order valence-electron chi connectivity index (χ0n) is 14.0. The van der Waals surface area contributed by atoms with Crippen molar-refractivity contribution in [1.82, 2.24) is 9.62 Å². The highest BCUT2D eigenvalue weighted by molar-refractivity contribution is 9.10. The summed E-state index contributed by atoms with van der Waals surface area (Å²) < 4.78 is 32.8. The van der Waals surface area contributed by atoms with Gasteiger partial charge in [-0.15, -0.1) is 0 Å². The van der Waals surface area contributed by atoms with Crippen molar-refractivity contribution >= 4 is 31.9 Å². The summed E-state index contributed by atoms with van der Waals surface area (Å²) in [5.74, 6) is -0.647. The first-order valence-corrected chi connectivity index (χ1v) is 10.4. The Morgan fingerprint density at radius 2 is 1.65 bits per heavy atom. The van der Waals surface area contributed by atoms with Crippen LogP contribution in [-0.2, 0) is 21.3 Å². The second-order valence-electron chi connectivity index (χ2n) is 5.97. The SMILES string of the molecule is O=C(NS(=O)(=O)c1ccc(Br)cc1)c1ccc(CN2CCOCC2)cc1. The Balaban J connectivity index is 1.65. The summed E-state index contributed by atoms with van der Waals surface area (Å²) in [6.45, 7) is 4.01. The van der Waals surface area contributed by atoms with Crippen LogP contribution >= 0.6 is 15.9 Å². The Morgan fingerprint density at radius 1 is 1.04 bits per heavy atom. The highest BCUT2D eigenvalue weighted by Gasteiger charge is 2.19. The van der Waals surface area contributed by atoms with Gasteiger partial charge in [0.15, 0.2) is 0 Å². The molecule has 8 heteroatoms. The van der Waals surface area contributed by atoms with Crippen LogP contribution in [0.25, 0.3) is 0 Å². The predicted molar refractivity (Wildman–Crippen MR) is 101 cm³/mol. The third-order valence-corrected chi connectivity index (χ3v) is 5.95. The van der Waals surface area contributed by atoms with E-state index in [0.717, 1.165) is 42.9 Å². The molecule has 3 rings (SSSR count). The molecular weight excluding hydrogens is 420 g/mol. The summed E-state index contributed by atoms with van der Waals surface area (Å²) in [5.41, 5.74) is 1.37. The van der Waals surface area contributed by atoms with Crippen molar-refractivity contribution in [1.29, 1.82) is 0 Å². The second kappa shape index (κ2) is 8.30. The number of carbonyl (C=O) groups excluding carboxylic acids is 1. The molecule has 2 aromatic carbocycles. The molecule has 26 heavy (non-hydrogen) atoms. The Kier molecular flexibility index (Phi) is 6.08. The van der Waals surface area contributed by atoms with E-state index in [-0.39, 0.29) is 4.90 Å². The smallest absolute Gasteiger partial charge is 0.264 e. The second-order valence-corrected chi connectivity index (χ2v) is 8.57. The molecule has 1 heterocycles. The van der Waals surface area contributed by atoms with Gasteiger partial charge in [0.2, 0.25) is 0 Å². The molecule has 0 bridgehead atoms. The topological polar surface area (TPSA) is 75.7 Å². The van der Waals surface area contributed by atoms with Gasteiger partial charge in [0.05, 0.1) is 18.1 Å². The highest BCUT2D eigenvalue weighted by Crippen LogP contribution is 2.15. The predicted octanol–water partition coefficient (Wildman–Crippen LogP) is 2.40. The number of hydrogen-bond acceptors (Lipinski definition) is 5. The number of nitrogens with zero attached hydrogens (tertiary/aromatic N) is 1. The fourth-order valence-electron chi connectivity index (χ4n) is 2.63. The zero-order chi connectivity index (χ0) is 18.6. The number of benzene rings is 2. The molecule has 0 saturated carbocycles. The van der Waals surface area contributed by atoms with E-state index in [2.05, 4.69) is 25.6 Å². The van der Waals surface area contributed by atoms with Crippen molar-refractivity contribution in [3.05, 3.63) is 64.1 Å². The van der Waals surface area contributed by atoms with Gasteiger partial charge in [-0.2, -0.15) is 0 Å². The van der Waals surface area contributed by atoms with E-state index in [1.165, 1.54) is 12.1 Å². The lowest BCUT2D eigenvalue weighted by atomic mass is 10.1. The van der Waals surface area contributed by atoms with E-state index >= 15 is 0 Å². The first kappa shape index (κ1) is 19.0. The van der Waals surface area contributed by atoms with E-state index in [1.54, 1.807) is 24.3 Å². The Labute approximate surface area is 161 Å². The molecule has 138 valence electrons. The van der Waals surface area contributed by atoms with Crippen LogP contribution in [0, 0.1) is 0 Å². The monoisotopic (exact) mass is 438 g/mol. The lowest BCUT2D eigenvalue weighted by Crippen LogP contribution is -2.35. The summed E-state index contributed by atoms with van der Waals surface area (Å²) in [6, 6.07) is 13.1. The number of hydrogen-bond donors (Lipinski definition) is 1. The summed E-state index contributed by atoms with van der Waals surface area (Å²) in [6.07, 6.45) is 0. The normalized spacial score (nSPS) is 15.6. The maximum atomic E-state index is 12.3. The van der Waals surface area contributed by atoms with Gasteiger partial charge in [0.1, 0.15) is 0 Å². The Bertz CT molecular complexity index is 861. The minimum atomic E-state index is -3.90. The van der Waals surface area contributed by atoms with Crippen molar-refractivity contribution in [3.63, 3.8) is 0 Å². The highest BCUT2D eigenvalue weighted by atomic mass is 79.9.